The summed E-state index contributed by atoms with van der Waals surface area (Å²) in [6.45, 7) is 4.83. The number of piperidine rings is 1. The second-order valence-corrected chi connectivity index (χ2v) is 7.52. The number of rotatable bonds is 6. The summed E-state index contributed by atoms with van der Waals surface area (Å²) < 4.78 is 10.3. The standard InChI is InChI=1S/C20H25ClN4O4/c1-13-22-19(23-29-13)8-10-25(14(2)26)16-5-4-9-24(12-16)20(27)17-11-15(21)6-7-18(17)28-3/h6-7,11,16H,4-5,8-10,12H2,1-3H3. The normalized spacial score (nSPS) is 16.6. The van der Waals surface area contributed by atoms with Crippen LogP contribution in [0.2, 0.25) is 5.02 Å². The van der Waals surface area contributed by atoms with Gasteiger partial charge < -0.3 is 19.1 Å². The van der Waals surface area contributed by atoms with E-state index < -0.39 is 0 Å². The molecule has 1 atom stereocenters. The second kappa shape index (κ2) is 9.26. The SMILES string of the molecule is COc1ccc(Cl)cc1C(=O)N1CCCC(N(CCc2noc(C)n2)C(C)=O)C1. The number of hydrogen-bond acceptors (Lipinski definition) is 6. The van der Waals surface area contributed by atoms with Crippen LogP contribution in [-0.4, -0.2) is 64.5 Å². The van der Waals surface area contributed by atoms with Gasteiger partial charge in [-0.15, -0.1) is 0 Å². The van der Waals surface area contributed by atoms with Gasteiger partial charge in [0.15, 0.2) is 5.82 Å². The number of ether oxygens (including phenoxy) is 1. The molecule has 1 unspecified atom stereocenters. The lowest BCUT2D eigenvalue weighted by molar-refractivity contribution is -0.132. The summed E-state index contributed by atoms with van der Waals surface area (Å²) >= 11 is 6.08. The molecular weight excluding hydrogens is 396 g/mol. The van der Waals surface area contributed by atoms with Gasteiger partial charge in [0.2, 0.25) is 11.8 Å². The van der Waals surface area contributed by atoms with E-state index in [0.717, 1.165) is 12.8 Å². The number of aromatic nitrogens is 2. The number of benzene rings is 1. The number of carbonyl (C=O) groups is 2. The summed E-state index contributed by atoms with van der Waals surface area (Å²) in [7, 11) is 1.52. The molecule has 29 heavy (non-hydrogen) atoms. The summed E-state index contributed by atoms with van der Waals surface area (Å²) in [5.74, 6) is 1.37. The van der Waals surface area contributed by atoms with Crippen LogP contribution in [0.3, 0.4) is 0 Å². The van der Waals surface area contributed by atoms with Gasteiger partial charge in [0.25, 0.3) is 5.91 Å². The van der Waals surface area contributed by atoms with Gasteiger partial charge in [-0.05, 0) is 31.0 Å². The fourth-order valence-corrected chi connectivity index (χ4v) is 3.84. The van der Waals surface area contributed by atoms with Crippen molar-refractivity contribution in [3.8, 4) is 5.75 Å². The molecule has 0 aliphatic carbocycles. The van der Waals surface area contributed by atoms with Crippen LogP contribution < -0.4 is 4.74 Å². The molecule has 9 heteroatoms. The second-order valence-electron chi connectivity index (χ2n) is 7.08. The van der Waals surface area contributed by atoms with Crippen molar-refractivity contribution in [3.05, 3.63) is 40.5 Å². The Balaban J connectivity index is 1.71. The first-order chi connectivity index (χ1) is 13.9. The van der Waals surface area contributed by atoms with Gasteiger partial charge in [-0.2, -0.15) is 4.98 Å². The fraction of sp³-hybridized carbons (Fsp3) is 0.500. The quantitative estimate of drug-likeness (QED) is 0.713. The first-order valence-corrected chi connectivity index (χ1v) is 9.96. The molecule has 2 amide bonds. The maximum Gasteiger partial charge on any atom is 0.257 e. The van der Waals surface area contributed by atoms with E-state index in [1.807, 2.05) is 0 Å². The third-order valence-electron chi connectivity index (χ3n) is 5.07. The minimum absolute atomic E-state index is 0.0372. The molecule has 2 heterocycles. The van der Waals surface area contributed by atoms with Gasteiger partial charge in [0.1, 0.15) is 5.75 Å². The Hall–Kier alpha value is -2.61. The molecule has 156 valence electrons. The van der Waals surface area contributed by atoms with Crippen LogP contribution in [0, 0.1) is 6.92 Å². The molecule has 1 fully saturated rings. The molecule has 0 radical (unpaired) electrons. The molecule has 0 bridgehead atoms. The highest BCUT2D eigenvalue weighted by Gasteiger charge is 2.31. The van der Waals surface area contributed by atoms with E-state index in [9.17, 15) is 9.59 Å². The average molecular weight is 421 g/mol. The molecule has 0 N–H and O–H groups in total. The smallest absolute Gasteiger partial charge is 0.257 e. The maximum absolute atomic E-state index is 13.1. The lowest BCUT2D eigenvalue weighted by Crippen LogP contribution is -2.51. The van der Waals surface area contributed by atoms with Crippen molar-refractivity contribution < 1.29 is 18.8 Å². The molecule has 1 aromatic carbocycles. The van der Waals surface area contributed by atoms with Gasteiger partial charge in [0.05, 0.1) is 12.7 Å². The largest absolute Gasteiger partial charge is 0.496 e. The zero-order valence-electron chi connectivity index (χ0n) is 16.9. The van der Waals surface area contributed by atoms with Crippen LogP contribution in [-0.2, 0) is 11.2 Å². The Morgan fingerprint density at radius 1 is 1.41 bits per heavy atom. The van der Waals surface area contributed by atoms with E-state index in [-0.39, 0.29) is 17.9 Å². The predicted molar refractivity (Wildman–Crippen MR) is 107 cm³/mol. The number of likely N-dealkylation sites (tertiary alicyclic amines) is 1. The molecule has 8 nitrogen and oxygen atoms in total. The molecule has 1 aliphatic heterocycles. The molecule has 1 saturated heterocycles. The lowest BCUT2D eigenvalue weighted by Gasteiger charge is -2.39. The third kappa shape index (κ3) is 5.06. The highest BCUT2D eigenvalue weighted by atomic mass is 35.5. The Bertz CT molecular complexity index is 885. The molecule has 1 aromatic heterocycles. The topological polar surface area (TPSA) is 88.8 Å². The van der Waals surface area contributed by atoms with Crippen molar-refractivity contribution in [3.63, 3.8) is 0 Å². The minimum Gasteiger partial charge on any atom is -0.496 e. The van der Waals surface area contributed by atoms with Gasteiger partial charge in [-0.1, -0.05) is 16.8 Å². The summed E-state index contributed by atoms with van der Waals surface area (Å²) in [5.41, 5.74) is 0.428. The third-order valence-corrected chi connectivity index (χ3v) is 5.30. The minimum atomic E-state index is -0.147. The summed E-state index contributed by atoms with van der Waals surface area (Å²) in [5, 5.41) is 4.36. The van der Waals surface area contributed by atoms with E-state index >= 15 is 0 Å². The number of carbonyl (C=O) groups excluding carboxylic acids is 2. The van der Waals surface area contributed by atoms with Crippen molar-refractivity contribution in [2.24, 2.45) is 0 Å². The molecule has 0 saturated carbocycles. The Morgan fingerprint density at radius 3 is 2.86 bits per heavy atom. The first-order valence-electron chi connectivity index (χ1n) is 9.58. The number of nitrogens with zero attached hydrogens (tertiary/aromatic N) is 4. The van der Waals surface area contributed by atoms with E-state index in [0.29, 0.717) is 54.1 Å². The molecular formula is C20H25ClN4O4. The van der Waals surface area contributed by atoms with Gasteiger partial charge >= 0.3 is 0 Å². The number of hydrogen-bond donors (Lipinski definition) is 0. The van der Waals surface area contributed by atoms with Crippen LogP contribution in [0.5, 0.6) is 5.75 Å². The summed E-state index contributed by atoms with van der Waals surface area (Å²) in [4.78, 5) is 33.1. The predicted octanol–water partition coefficient (Wildman–Crippen LogP) is 2.74. The summed E-state index contributed by atoms with van der Waals surface area (Å²) in [6.07, 6.45) is 2.15. The van der Waals surface area contributed by atoms with Crippen molar-refractivity contribution in [2.75, 3.05) is 26.7 Å². The van der Waals surface area contributed by atoms with E-state index in [1.54, 1.807) is 41.8 Å². The van der Waals surface area contributed by atoms with Crippen molar-refractivity contribution >= 4 is 23.4 Å². The molecule has 0 spiro atoms. The number of aryl methyl sites for hydroxylation is 1. The molecule has 2 aromatic rings. The van der Waals surface area contributed by atoms with Crippen molar-refractivity contribution in [1.82, 2.24) is 19.9 Å². The molecule has 3 rings (SSSR count). The Labute approximate surface area is 174 Å². The summed E-state index contributed by atoms with van der Waals surface area (Å²) in [6, 6.07) is 4.93. The van der Waals surface area contributed by atoms with Gasteiger partial charge in [-0.3, -0.25) is 9.59 Å². The van der Waals surface area contributed by atoms with Crippen LogP contribution in [0.1, 0.15) is 41.8 Å². The average Bonchev–Trinajstić information content (AvgIpc) is 3.12. The van der Waals surface area contributed by atoms with Crippen LogP contribution in [0.15, 0.2) is 22.7 Å². The van der Waals surface area contributed by atoms with Crippen molar-refractivity contribution in [2.45, 2.75) is 39.2 Å². The molecule has 1 aliphatic rings. The van der Waals surface area contributed by atoms with Crippen LogP contribution in [0.25, 0.3) is 0 Å². The Morgan fingerprint density at radius 2 is 2.21 bits per heavy atom. The number of amides is 2. The van der Waals surface area contributed by atoms with Crippen LogP contribution >= 0.6 is 11.6 Å². The zero-order chi connectivity index (χ0) is 21.0. The maximum atomic E-state index is 13.1. The Kier molecular flexibility index (Phi) is 6.74. The van der Waals surface area contributed by atoms with Crippen LogP contribution in [0.4, 0.5) is 0 Å². The number of halogens is 1. The zero-order valence-corrected chi connectivity index (χ0v) is 17.6. The van der Waals surface area contributed by atoms with E-state index in [1.165, 1.54) is 7.11 Å². The first kappa shape index (κ1) is 21.1. The highest BCUT2D eigenvalue weighted by Crippen LogP contribution is 2.26. The monoisotopic (exact) mass is 420 g/mol. The number of methoxy groups -OCH3 is 1. The van der Waals surface area contributed by atoms with E-state index in [4.69, 9.17) is 20.9 Å². The van der Waals surface area contributed by atoms with Gasteiger partial charge in [-0.25, -0.2) is 0 Å². The highest BCUT2D eigenvalue weighted by molar-refractivity contribution is 6.31. The van der Waals surface area contributed by atoms with E-state index in [2.05, 4.69) is 10.1 Å². The lowest BCUT2D eigenvalue weighted by atomic mass is 10.0. The fourth-order valence-electron chi connectivity index (χ4n) is 3.67. The van der Waals surface area contributed by atoms with Crippen molar-refractivity contribution in [1.29, 1.82) is 0 Å². The van der Waals surface area contributed by atoms with Gasteiger partial charge in [0, 0.05) is 51.0 Å².